The van der Waals surface area contributed by atoms with Gasteiger partial charge in [-0.15, -0.1) is 11.3 Å². The van der Waals surface area contributed by atoms with Crippen molar-refractivity contribution in [2.75, 3.05) is 18.5 Å². The molecule has 0 atom stereocenters. The van der Waals surface area contributed by atoms with Crippen LogP contribution in [0.2, 0.25) is 0 Å². The van der Waals surface area contributed by atoms with Crippen molar-refractivity contribution in [3.63, 3.8) is 0 Å². The maximum atomic E-state index is 12.7. The number of amides is 1. The van der Waals surface area contributed by atoms with E-state index in [0.29, 0.717) is 24.2 Å². The van der Waals surface area contributed by atoms with Gasteiger partial charge in [-0.25, -0.2) is 9.78 Å². The van der Waals surface area contributed by atoms with Crippen molar-refractivity contribution >= 4 is 34.7 Å². The molecule has 1 amide bonds. The molecule has 166 valence electrons. The predicted molar refractivity (Wildman–Crippen MR) is 120 cm³/mol. The van der Waals surface area contributed by atoms with E-state index in [0.717, 1.165) is 33.5 Å². The second-order valence-corrected chi connectivity index (χ2v) is 8.47. The Morgan fingerprint density at radius 2 is 1.97 bits per heavy atom. The summed E-state index contributed by atoms with van der Waals surface area (Å²) in [4.78, 5) is 40.7. The molecule has 4 rings (SSSR count). The van der Waals surface area contributed by atoms with Gasteiger partial charge in [-0.3, -0.25) is 14.2 Å². The highest BCUT2D eigenvalue weighted by molar-refractivity contribution is 7.12. The number of esters is 1. The van der Waals surface area contributed by atoms with Gasteiger partial charge in [-0.05, 0) is 57.0 Å². The molecule has 1 aliphatic heterocycles. The molecule has 9 heteroatoms. The highest BCUT2D eigenvalue weighted by atomic mass is 32.1. The van der Waals surface area contributed by atoms with Gasteiger partial charge in [0.05, 0.1) is 5.69 Å². The molecular weight excluding hydrogens is 430 g/mol. The van der Waals surface area contributed by atoms with Crippen LogP contribution < -0.4 is 10.1 Å². The molecule has 2 aromatic heterocycles. The van der Waals surface area contributed by atoms with Gasteiger partial charge < -0.3 is 14.8 Å². The number of fused-ring (bicyclic) bond motifs is 1. The smallest absolute Gasteiger partial charge is 0.344 e. The normalized spacial score (nSPS) is 12.8. The number of rotatable bonds is 7. The summed E-state index contributed by atoms with van der Waals surface area (Å²) in [5.41, 5.74) is 4.78. The van der Waals surface area contributed by atoms with E-state index in [2.05, 4.69) is 10.3 Å². The van der Waals surface area contributed by atoms with Gasteiger partial charge in [0.15, 0.2) is 18.3 Å². The molecule has 0 radical (unpaired) electrons. The number of aromatic nitrogens is 2. The largest absolute Gasteiger partial charge is 0.482 e. The Hall–Kier alpha value is -3.46. The van der Waals surface area contributed by atoms with E-state index in [-0.39, 0.29) is 24.9 Å². The first kappa shape index (κ1) is 21.8. The zero-order valence-corrected chi connectivity index (χ0v) is 18.9. The molecule has 0 bridgehead atoms. The van der Waals surface area contributed by atoms with Crippen LogP contribution in [0, 0.1) is 20.8 Å². The fraction of sp³-hybridized carbons (Fsp3) is 0.304. The van der Waals surface area contributed by atoms with E-state index in [1.54, 1.807) is 24.3 Å². The summed E-state index contributed by atoms with van der Waals surface area (Å²) in [6.45, 7) is 5.00. The molecule has 0 saturated heterocycles. The molecule has 32 heavy (non-hydrogen) atoms. The standard InChI is InChI=1S/C23H23N3O5S/c1-13-12-32-23(24-13)26-14(2)8-18(15(26)3)20(27)10-31-22(29)11-30-17-5-6-19-16(9-17)4-7-21(28)25-19/h5-6,8-9,12H,4,7,10-11H2,1-3H3,(H,25,28). The first-order valence-corrected chi connectivity index (χ1v) is 11.1. The Balaban J connectivity index is 1.33. The second kappa shape index (κ2) is 8.96. The third-order valence-corrected chi connectivity index (χ3v) is 6.17. The second-order valence-electron chi connectivity index (χ2n) is 7.63. The van der Waals surface area contributed by atoms with Crippen molar-refractivity contribution in [3.8, 4) is 10.9 Å². The SMILES string of the molecule is Cc1csc(-n2c(C)cc(C(=O)COC(=O)COc3ccc4c(c3)CCC(=O)N4)c2C)n1. The van der Waals surface area contributed by atoms with E-state index in [1.807, 2.05) is 30.7 Å². The van der Waals surface area contributed by atoms with E-state index in [4.69, 9.17) is 9.47 Å². The maximum absolute atomic E-state index is 12.7. The Bertz CT molecular complexity index is 1210. The van der Waals surface area contributed by atoms with Crippen LogP contribution in [0.3, 0.4) is 0 Å². The molecule has 3 heterocycles. The van der Waals surface area contributed by atoms with Crippen molar-refractivity contribution in [1.82, 2.24) is 9.55 Å². The molecule has 0 aliphatic carbocycles. The lowest BCUT2D eigenvalue weighted by Crippen LogP contribution is -2.20. The summed E-state index contributed by atoms with van der Waals surface area (Å²) >= 11 is 1.51. The van der Waals surface area contributed by atoms with E-state index in [1.165, 1.54) is 11.3 Å². The lowest BCUT2D eigenvalue weighted by Gasteiger charge is -2.17. The van der Waals surface area contributed by atoms with E-state index in [9.17, 15) is 14.4 Å². The van der Waals surface area contributed by atoms with Gasteiger partial charge in [0.2, 0.25) is 11.7 Å². The number of anilines is 1. The molecule has 1 N–H and O–H groups in total. The van der Waals surface area contributed by atoms with Crippen LogP contribution >= 0.6 is 11.3 Å². The lowest BCUT2D eigenvalue weighted by atomic mass is 10.0. The first-order chi connectivity index (χ1) is 15.3. The molecule has 0 fully saturated rings. The van der Waals surface area contributed by atoms with Crippen molar-refractivity contribution in [2.45, 2.75) is 33.6 Å². The number of carbonyl (C=O) groups is 3. The van der Waals surface area contributed by atoms with E-state index >= 15 is 0 Å². The number of ketones is 1. The quantitative estimate of drug-likeness (QED) is 0.434. The number of ether oxygens (including phenoxy) is 2. The number of hydrogen-bond donors (Lipinski definition) is 1. The van der Waals surface area contributed by atoms with Crippen molar-refractivity contribution in [3.05, 3.63) is 57.9 Å². The van der Waals surface area contributed by atoms with Crippen molar-refractivity contribution in [1.29, 1.82) is 0 Å². The van der Waals surface area contributed by atoms with Gasteiger partial charge in [0.1, 0.15) is 5.75 Å². The highest BCUT2D eigenvalue weighted by Gasteiger charge is 2.20. The third-order valence-electron chi connectivity index (χ3n) is 5.22. The van der Waals surface area contributed by atoms with Gasteiger partial charge in [-0.2, -0.15) is 0 Å². The number of benzene rings is 1. The van der Waals surface area contributed by atoms with Gasteiger partial charge >= 0.3 is 5.97 Å². The molecule has 0 unspecified atom stereocenters. The summed E-state index contributed by atoms with van der Waals surface area (Å²) in [6, 6.07) is 7.00. The predicted octanol–water partition coefficient (Wildman–Crippen LogP) is 3.55. The topological polar surface area (TPSA) is 99.5 Å². The van der Waals surface area contributed by atoms with Crippen LogP contribution in [0.4, 0.5) is 5.69 Å². The average molecular weight is 454 g/mol. The molecule has 0 saturated carbocycles. The Morgan fingerprint density at radius 1 is 1.16 bits per heavy atom. The molecule has 8 nitrogen and oxygen atoms in total. The van der Waals surface area contributed by atoms with Crippen molar-refractivity contribution in [2.24, 2.45) is 0 Å². The third kappa shape index (κ3) is 4.57. The lowest BCUT2D eigenvalue weighted by molar-refractivity contribution is -0.144. The summed E-state index contributed by atoms with van der Waals surface area (Å²) in [5.74, 6) is -0.420. The number of nitrogens with zero attached hydrogens (tertiary/aromatic N) is 2. The molecule has 0 spiro atoms. The Labute approximate surface area is 189 Å². The van der Waals surface area contributed by atoms with Gasteiger partial charge in [0, 0.05) is 34.4 Å². The van der Waals surface area contributed by atoms with Gasteiger partial charge in [0.25, 0.3) is 0 Å². The van der Waals surface area contributed by atoms with Crippen LogP contribution in [-0.4, -0.2) is 40.4 Å². The van der Waals surface area contributed by atoms with Crippen LogP contribution in [0.25, 0.3) is 5.13 Å². The minimum atomic E-state index is -0.631. The van der Waals surface area contributed by atoms with Crippen LogP contribution in [-0.2, 0) is 20.7 Å². The number of Topliss-reactive ketones (excluding diaryl/α,β-unsaturated/α-hetero) is 1. The molecule has 1 aliphatic rings. The molecule has 1 aromatic carbocycles. The monoisotopic (exact) mass is 453 g/mol. The van der Waals surface area contributed by atoms with Crippen LogP contribution in [0.5, 0.6) is 5.75 Å². The average Bonchev–Trinajstić information content (AvgIpc) is 3.32. The minimum absolute atomic E-state index is 0.0121. The summed E-state index contributed by atoms with van der Waals surface area (Å²) in [5, 5.41) is 5.55. The van der Waals surface area contributed by atoms with Crippen molar-refractivity contribution < 1.29 is 23.9 Å². The van der Waals surface area contributed by atoms with Crippen LogP contribution in [0.1, 0.15) is 39.4 Å². The van der Waals surface area contributed by atoms with Gasteiger partial charge in [-0.1, -0.05) is 0 Å². The zero-order chi connectivity index (χ0) is 22.8. The number of hydrogen-bond acceptors (Lipinski definition) is 7. The Morgan fingerprint density at radius 3 is 2.72 bits per heavy atom. The maximum Gasteiger partial charge on any atom is 0.344 e. The number of aryl methyl sites for hydroxylation is 3. The fourth-order valence-corrected chi connectivity index (χ4v) is 4.55. The summed E-state index contributed by atoms with van der Waals surface area (Å²) in [7, 11) is 0. The fourth-order valence-electron chi connectivity index (χ4n) is 3.64. The number of carbonyl (C=O) groups excluding carboxylic acids is 3. The number of thiazole rings is 1. The van der Waals surface area contributed by atoms with E-state index < -0.39 is 5.97 Å². The highest BCUT2D eigenvalue weighted by Crippen LogP contribution is 2.27. The molecule has 3 aromatic rings. The number of nitrogens with one attached hydrogen (secondary N) is 1. The van der Waals surface area contributed by atoms with Crippen LogP contribution in [0.15, 0.2) is 29.6 Å². The Kier molecular flexibility index (Phi) is 6.09. The summed E-state index contributed by atoms with van der Waals surface area (Å²) < 4.78 is 12.5. The minimum Gasteiger partial charge on any atom is -0.482 e. The molecular formula is C23H23N3O5S. The first-order valence-electron chi connectivity index (χ1n) is 10.2. The summed E-state index contributed by atoms with van der Waals surface area (Å²) in [6.07, 6.45) is 1.04. The zero-order valence-electron chi connectivity index (χ0n) is 18.1.